The molecule has 2 N–H and O–H groups in total. The van der Waals surface area contributed by atoms with Crippen LogP contribution in [0.5, 0.6) is 0 Å². The predicted molar refractivity (Wildman–Crippen MR) is 72.2 cm³/mol. The summed E-state index contributed by atoms with van der Waals surface area (Å²) in [6.45, 7) is 3.33. The number of Topliss-reactive ketones (excluding diaryl/α,β-unsaturated/α-hetero) is 1. The fourth-order valence-corrected chi connectivity index (χ4v) is 3.21. The van der Waals surface area contributed by atoms with Gasteiger partial charge in [0.05, 0.1) is 5.54 Å². The molecule has 0 saturated carbocycles. The van der Waals surface area contributed by atoms with Crippen molar-refractivity contribution in [2.75, 3.05) is 0 Å². The molecule has 1 fully saturated rings. The maximum atomic E-state index is 11.8. The Morgan fingerprint density at radius 1 is 1.42 bits per heavy atom. The highest BCUT2D eigenvalue weighted by molar-refractivity contribution is 6.31. The lowest BCUT2D eigenvalue weighted by molar-refractivity contribution is -0.139. The minimum absolute atomic E-state index is 0.0290. The van der Waals surface area contributed by atoms with Crippen LogP contribution < -0.4 is 5.32 Å². The van der Waals surface area contributed by atoms with E-state index in [1.54, 1.807) is 6.07 Å². The van der Waals surface area contributed by atoms with E-state index in [1.165, 1.54) is 6.92 Å². The molecule has 0 unspecified atom stereocenters. The maximum absolute atomic E-state index is 11.8. The van der Waals surface area contributed by atoms with Gasteiger partial charge in [0.2, 0.25) is 0 Å². The third-order valence-electron chi connectivity index (χ3n) is 3.86. The predicted octanol–water partition coefficient (Wildman–Crippen LogP) is 2.21. The van der Waals surface area contributed by atoms with Gasteiger partial charge in [-0.2, -0.15) is 0 Å². The molecule has 1 aromatic rings. The highest BCUT2D eigenvalue weighted by atomic mass is 35.5. The molecule has 1 aliphatic rings. The third-order valence-corrected chi connectivity index (χ3v) is 4.19. The van der Waals surface area contributed by atoms with Crippen LogP contribution in [-0.2, 0) is 15.1 Å². The van der Waals surface area contributed by atoms with E-state index in [0.29, 0.717) is 5.02 Å². The quantitative estimate of drug-likeness (QED) is 0.891. The second-order valence-corrected chi connectivity index (χ2v) is 5.52. The van der Waals surface area contributed by atoms with Crippen LogP contribution in [0.2, 0.25) is 5.02 Å². The number of hydrogen-bond donors (Lipinski definition) is 2. The first-order chi connectivity index (χ1) is 8.86. The average molecular weight is 282 g/mol. The number of aliphatic carboxylic acids is 1. The van der Waals surface area contributed by atoms with Crippen LogP contribution in [0.4, 0.5) is 0 Å². The van der Waals surface area contributed by atoms with Gasteiger partial charge in [-0.15, -0.1) is 0 Å². The topological polar surface area (TPSA) is 66.4 Å². The summed E-state index contributed by atoms with van der Waals surface area (Å²) in [5, 5.41) is 12.7. The SMILES string of the molecule is CC(=O)[C@H]1C[C@@H](C(=O)O)N[C@@]1(C)c1ccccc1Cl. The van der Waals surface area contributed by atoms with Crippen molar-refractivity contribution < 1.29 is 14.7 Å². The zero-order valence-corrected chi connectivity index (χ0v) is 11.6. The fraction of sp³-hybridized carbons (Fsp3) is 0.429. The van der Waals surface area contributed by atoms with Crippen molar-refractivity contribution in [2.45, 2.75) is 31.8 Å². The Hall–Kier alpha value is -1.39. The number of rotatable bonds is 3. The van der Waals surface area contributed by atoms with E-state index in [1.807, 2.05) is 25.1 Å². The molecule has 1 aromatic carbocycles. The van der Waals surface area contributed by atoms with Crippen LogP contribution in [0.15, 0.2) is 24.3 Å². The number of halogens is 1. The number of nitrogens with one attached hydrogen (secondary N) is 1. The van der Waals surface area contributed by atoms with Crippen molar-refractivity contribution in [2.24, 2.45) is 5.92 Å². The number of carboxylic acid groups (broad SMARTS) is 1. The number of benzene rings is 1. The summed E-state index contributed by atoms with van der Waals surface area (Å²) in [6.07, 6.45) is 0.284. The van der Waals surface area contributed by atoms with Crippen molar-refractivity contribution in [3.05, 3.63) is 34.9 Å². The van der Waals surface area contributed by atoms with Gasteiger partial charge in [0, 0.05) is 10.9 Å². The molecule has 0 bridgehead atoms. The molecule has 1 heterocycles. The van der Waals surface area contributed by atoms with Crippen LogP contribution in [0.25, 0.3) is 0 Å². The zero-order valence-electron chi connectivity index (χ0n) is 10.8. The molecule has 0 aromatic heterocycles. The maximum Gasteiger partial charge on any atom is 0.320 e. The van der Waals surface area contributed by atoms with Gasteiger partial charge in [-0.1, -0.05) is 29.8 Å². The Morgan fingerprint density at radius 2 is 2.05 bits per heavy atom. The molecule has 1 aliphatic heterocycles. The number of ketones is 1. The summed E-state index contributed by atoms with van der Waals surface area (Å²) >= 11 is 6.19. The Bertz CT molecular complexity index is 531. The fourth-order valence-electron chi connectivity index (χ4n) is 2.88. The highest BCUT2D eigenvalue weighted by Gasteiger charge is 2.49. The van der Waals surface area contributed by atoms with E-state index in [9.17, 15) is 9.59 Å². The van der Waals surface area contributed by atoms with Gasteiger partial charge in [0.15, 0.2) is 0 Å². The minimum Gasteiger partial charge on any atom is -0.480 e. The summed E-state index contributed by atoms with van der Waals surface area (Å²) in [5.41, 5.74) is 0.0216. The molecule has 5 heteroatoms. The van der Waals surface area contributed by atoms with Gasteiger partial charge in [0.1, 0.15) is 11.8 Å². The molecule has 19 heavy (non-hydrogen) atoms. The number of carbonyl (C=O) groups is 2. The molecular weight excluding hydrogens is 266 g/mol. The molecule has 1 saturated heterocycles. The van der Waals surface area contributed by atoms with Crippen molar-refractivity contribution in [1.29, 1.82) is 0 Å². The van der Waals surface area contributed by atoms with E-state index in [-0.39, 0.29) is 12.2 Å². The molecule has 0 spiro atoms. The highest BCUT2D eigenvalue weighted by Crippen LogP contribution is 2.41. The number of hydrogen-bond acceptors (Lipinski definition) is 3. The first-order valence-electron chi connectivity index (χ1n) is 6.12. The summed E-state index contributed by atoms with van der Waals surface area (Å²) < 4.78 is 0. The number of carbonyl (C=O) groups excluding carboxylic acids is 1. The summed E-state index contributed by atoms with van der Waals surface area (Å²) in [7, 11) is 0. The summed E-state index contributed by atoms with van der Waals surface area (Å²) in [4.78, 5) is 23.0. The van der Waals surface area contributed by atoms with Crippen molar-refractivity contribution in [3.8, 4) is 0 Å². The monoisotopic (exact) mass is 281 g/mol. The largest absolute Gasteiger partial charge is 0.480 e. The standard InChI is InChI=1S/C14H16ClNO3/c1-8(17)10-7-12(13(18)19)16-14(10,2)9-5-3-4-6-11(9)15/h3-6,10,12,16H,7H2,1-2H3,(H,18,19)/t10-,12+,14+/m1/s1. The van der Waals surface area contributed by atoms with E-state index in [4.69, 9.17) is 16.7 Å². The first kappa shape index (κ1) is 14.0. The molecule has 2 rings (SSSR count). The number of carboxylic acids is 1. The summed E-state index contributed by atoms with van der Waals surface area (Å²) in [5.74, 6) is -1.37. The van der Waals surface area contributed by atoms with E-state index in [2.05, 4.69) is 5.32 Å². The van der Waals surface area contributed by atoms with Crippen LogP contribution in [0, 0.1) is 5.92 Å². The second kappa shape index (κ2) is 4.94. The van der Waals surface area contributed by atoms with Crippen molar-refractivity contribution in [1.82, 2.24) is 5.32 Å². The van der Waals surface area contributed by atoms with Crippen LogP contribution in [0.1, 0.15) is 25.8 Å². The molecule has 0 aliphatic carbocycles. The van der Waals surface area contributed by atoms with Crippen molar-refractivity contribution in [3.63, 3.8) is 0 Å². The lowest BCUT2D eigenvalue weighted by atomic mass is 9.79. The molecular formula is C14H16ClNO3. The third kappa shape index (κ3) is 2.38. The molecule has 0 radical (unpaired) electrons. The van der Waals surface area contributed by atoms with Crippen molar-refractivity contribution >= 4 is 23.4 Å². The summed E-state index contributed by atoms with van der Waals surface area (Å²) in [6, 6.07) is 6.49. The van der Waals surface area contributed by atoms with Gasteiger partial charge in [0.25, 0.3) is 0 Å². The van der Waals surface area contributed by atoms with Gasteiger partial charge in [-0.25, -0.2) is 0 Å². The van der Waals surface area contributed by atoms with Gasteiger partial charge in [-0.05, 0) is 31.9 Å². The van der Waals surface area contributed by atoms with Gasteiger partial charge in [-0.3, -0.25) is 14.9 Å². The molecule has 102 valence electrons. The molecule has 3 atom stereocenters. The van der Waals surface area contributed by atoms with Gasteiger partial charge < -0.3 is 5.11 Å². The average Bonchev–Trinajstić information content (AvgIpc) is 2.69. The Labute approximate surface area is 116 Å². The Kier molecular flexibility index (Phi) is 3.65. The molecule has 4 nitrogen and oxygen atoms in total. The normalized spacial score (nSPS) is 30.3. The Balaban J connectivity index is 2.47. The van der Waals surface area contributed by atoms with Crippen LogP contribution in [0.3, 0.4) is 0 Å². The van der Waals surface area contributed by atoms with E-state index in [0.717, 1.165) is 5.56 Å². The Morgan fingerprint density at radius 3 is 2.58 bits per heavy atom. The minimum atomic E-state index is -0.943. The van der Waals surface area contributed by atoms with E-state index < -0.39 is 23.5 Å². The molecule has 0 amide bonds. The lowest BCUT2D eigenvalue weighted by Gasteiger charge is -2.32. The smallest absolute Gasteiger partial charge is 0.320 e. The first-order valence-corrected chi connectivity index (χ1v) is 6.50. The van der Waals surface area contributed by atoms with Crippen LogP contribution >= 0.6 is 11.6 Å². The van der Waals surface area contributed by atoms with Gasteiger partial charge >= 0.3 is 5.97 Å². The van der Waals surface area contributed by atoms with E-state index >= 15 is 0 Å². The second-order valence-electron chi connectivity index (χ2n) is 5.12. The van der Waals surface area contributed by atoms with Crippen LogP contribution in [-0.4, -0.2) is 22.9 Å². The zero-order chi connectivity index (χ0) is 14.2. The lowest BCUT2D eigenvalue weighted by Crippen LogP contribution is -2.45.